The highest BCUT2D eigenvalue weighted by molar-refractivity contribution is 7.90. The third-order valence-electron chi connectivity index (χ3n) is 3.76. The fourth-order valence-corrected chi connectivity index (χ4v) is 3.76. The largest absolute Gasteiger partial charge is 0.369 e. The molecule has 0 aliphatic carbocycles. The molecule has 0 saturated carbocycles. The molecule has 2 N–H and O–H groups in total. The minimum absolute atomic E-state index is 0.135. The Morgan fingerprint density at radius 2 is 2.00 bits per heavy atom. The van der Waals surface area contributed by atoms with Crippen LogP contribution in [0.4, 0.5) is 8.78 Å². The van der Waals surface area contributed by atoms with Crippen molar-refractivity contribution in [3.05, 3.63) is 35.4 Å². The number of halogens is 2. The van der Waals surface area contributed by atoms with Gasteiger partial charge in [-0.2, -0.15) is 0 Å². The predicted molar refractivity (Wildman–Crippen MR) is 71.5 cm³/mol. The second kappa shape index (κ2) is 4.41. The van der Waals surface area contributed by atoms with E-state index in [1.807, 2.05) is 0 Å². The van der Waals surface area contributed by atoms with Gasteiger partial charge in [-0.15, -0.1) is 0 Å². The zero-order valence-electron chi connectivity index (χ0n) is 11.3. The van der Waals surface area contributed by atoms with Gasteiger partial charge in [0, 0.05) is 12.6 Å². The van der Waals surface area contributed by atoms with Gasteiger partial charge in [-0.25, -0.2) is 26.5 Å². The third-order valence-corrected chi connectivity index (χ3v) is 6.07. The molecule has 0 spiro atoms. The molecule has 1 aliphatic heterocycles. The van der Waals surface area contributed by atoms with E-state index in [-0.39, 0.29) is 11.5 Å². The van der Waals surface area contributed by atoms with Crippen molar-refractivity contribution >= 4 is 16.0 Å². The first-order chi connectivity index (χ1) is 9.10. The molecule has 0 radical (unpaired) electrons. The molecule has 0 unspecified atom stereocenters. The first-order valence-corrected chi connectivity index (χ1v) is 7.39. The lowest BCUT2D eigenvalue weighted by Gasteiger charge is -2.39. The van der Waals surface area contributed by atoms with Gasteiger partial charge >= 0.3 is 0 Å². The van der Waals surface area contributed by atoms with Gasteiger partial charge in [-0.1, -0.05) is 0 Å². The van der Waals surface area contributed by atoms with Gasteiger partial charge in [-0.05, 0) is 32.0 Å². The van der Waals surface area contributed by atoms with Crippen molar-refractivity contribution in [3.63, 3.8) is 0 Å². The van der Waals surface area contributed by atoms with E-state index in [0.29, 0.717) is 0 Å². The second-order valence-corrected chi connectivity index (χ2v) is 7.18. The molecule has 2 atom stereocenters. The summed E-state index contributed by atoms with van der Waals surface area (Å²) in [5.74, 6) is -1.65. The standard InChI is InChI=1S/C12H15F2N3O2S/c1-7-12(2,9-6-8(13)4-5-10(9)14)16-11(15)17(3)20(7,18)19/h4-7H,1-3H3,(H2,15,16)/t7-,12+/m1/s1. The molecule has 1 heterocycles. The average Bonchev–Trinajstić information content (AvgIpc) is 2.37. The van der Waals surface area contributed by atoms with E-state index in [1.165, 1.54) is 20.9 Å². The number of benzene rings is 1. The van der Waals surface area contributed by atoms with E-state index < -0.39 is 32.4 Å². The van der Waals surface area contributed by atoms with Crippen LogP contribution < -0.4 is 5.73 Å². The fourth-order valence-electron chi connectivity index (χ4n) is 2.22. The quantitative estimate of drug-likeness (QED) is 0.846. The topological polar surface area (TPSA) is 75.8 Å². The highest BCUT2D eigenvalue weighted by atomic mass is 32.2. The minimum atomic E-state index is -3.79. The summed E-state index contributed by atoms with van der Waals surface area (Å²) in [5.41, 5.74) is 3.98. The van der Waals surface area contributed by atoms with Crippen molar-refractivity contribution in [1.82, 2.24) is 4.31 Å². The van der Waals surface area contributed by atoms with Crippen LogP contribution in [0.3, 0.4) is 0 Å². The summed E-state index contributed by atoms with van der Waals surface area (Å²) < 4.78 is 52.7. The maximum absolute atomic E-state index is 14.0. The van der Waals surface area contributed by atoms with Crippen molar-refractivity contribution in [2.75, 3.05) is 7.05 Å². The highest BCUT2D eigenvalue weighted by Gasteiger charge is 2.48. The van der Waals surface area contributed by atoms with E-state index in [4.69, 9.17) is 5.73 Å². The molecule has 0 bridgehead atoms. The Labute approximate surface area is 116 Å². The Morgan fingerprint density at radius 1 is 1.40 bits per heavy atom. The number of guanidine groups is 1. The summed E-state index contributed by atoms with van der Waals surface area (Å²) in [6, 6.07) is 2.85. The van der Waals surface area contributed by atoms with Crippen LogP contribution in [0, 0.1) is 11.6 Å². The molecular weight excluding hydrogens is 288 g/mol. The molecule has 8 heteroatoms. The number of hydrogen-bond donors (Lipinski definition) is 1. The van der Waals surface area contributed by atoms with Crippen LogP contribution in [-0.4, -0.2) is 31.0 Å². The fraction of sp³-hybridized carbons (Fsp3) is 0.417. The summed E-state index contributed by atoms with van der Waals surface area (Å²) in [6.45, 7) is 2.82. The van der Waals surface area contributed by atoms with Crippen LogP contribution in [0.1, 0.15) is 19.4 Å². The summed E-state index contributed by atoms with van der Waals surface area (Å²) >= 11 is 0. The Kier molecular flexibility index (Phi) is 3.24. The maximum Gasteiger partial charge on any atom is 0.242 e. The van der Waals surface area contributed by atoms with Gasteiger partial charge in [0.15, 0.2) is 0 Å². The van der Waals surface area contributed by atoms with Crippen molar-refractivity contribution < 1.29 is 17.2 Å². The SMILES string of the molecule is C[C@@H]1[C@@](C)(c2cc(F)ccc2F)N=C(N)N(C)S1(=O)=O. The Bertz CT molecular complexity index is 690. The Morgan fingerprint density at radius 3 is 2.60 bits per heavy atom. The number of sulfonamides is 1. The van der Waals surface area contributed by atoms with Crippen LogP contribution >= 0.6 is 0 Å². The first kappa shape index (κ1) is 14.7. The summed E-state index contributed by atoms with van der Waals surface area (Å²) in [6.07, 6.45) is 0. The zero-order valence-corrected chi connectivity index (χ0v) is 12.1. The highest BCUT2D eigenvalue weighted by Crippen LogP contribution is 2.38. The van der Waals surface area contributed by atoms with Crippen molar-refractivity contribution in [2.24, 2.45) is 10.7 Å². The van der Waals surface area contributed by atoms with Crippen molar-refractivity contribution in [2.45, 2.75) is 24.6 Å². The summed E-state index contributed by atoms with van der Waals surface area (Å²) in [5, 5.41) is -1.08. The van der Waals surface area contributed by atoms with E-state index in [9.17, 15) is 17.2 Å². The first-order valence-electron chi connectivity index (χ1n) is 5.89. The van der Waals surface area contributed by atoms with Gasteiger partial charge < -0.3 is 5.73 Å². The van der Waals surface area contributed by atoms with Gasteiger partial charge in [0.2, 0.25) is 16.0 Å². The molecule has 2 rings (SSSR count). The lowest BCUT2D eigenvalue weighted by atomic mass is 9.89. The number of nitrogens with two attached hydrogens (primary N) is 1. The molecule has 5 nitrogen and oxygen atoms in total. The number of hydrogen-bond acceptors (Lipinski definition) is 4. The minimum Gasteiger partial charge on any atom is -0.369 e. The predicted octanol–water partition coefficient (Wildman–Crippen LogP) is 1.16. The van der Waals surface area contributed by atoms with E-state index in [2.05, 4.69) is 4.99 Å². The van der Waals surface area contributed by atoms with Gasteiger partial charge in [-0.3, -0.25) is 0 Å². The molecule has 1 aromatic carbocycles. The van der Waals surface area contributed by atoms with E-state index in [0.717, 1.165) is 22.5 Å². The summed E-state index contributed by atoms with van der Waals surface area (Å²) in [7, 11) is -2.52. The maximum atomic E-state index is 14.0. The zero-order chi connectivity index (χ0) is 15.3. The number of aliphatic imine (C=N–C) groups is 1. The van der Waals surface area contributed by atoms with Crippen LogP contribution in [0.15, 0.2) is 23.2 Å². The molecule has 0 fully saturated rings. The molecule has 1 aromatic rings. The Hall–Kier alpha value is -1.70. The average molecular weight is 303 g/mol. The van der Waals surface area contributed by atoms with Gasteiger partial charge in [0.1, 0.15) is 22.4 Å². The third kappa shape index (κ3) is 1.94. The van der Waals surface area contributed by atoms with Gasteiger partial charge in [0.05, 0.1) is 0 Å². The lowest BCUT2D eigenvalue weighted by molar-refractivity contribution is 0.403. The van der Waals surface area contributed by atoms with Crippen LogP contribution in [0.2, 0.25) is 0 Å². The molecule has 110 valence electrons. The smallest absolute Gasteiger partial charge is 0.242 e. The molecular formula is C12H15F2N3O2S. The van der Waals surface area contributed by atoms with Gasteiger partial charge in [0.25, 0.3) is 0 Å². The lowest BCUT2D eigenvalue weighted by Crippen LogP contribution is -2.55. The van der Waals surface area contributed by atoms with Crippen LogP contribution in [0.5, 0.6) is 0 Å². The molecule has 0 saturated heterocycles. The second-order valence-electron chi connectivity index (χ2n) is 4.90. The van der Waals surface area contributed by atoms with Crippen molar-refractivity contribution in [1.29, 1.82) is 0 Å². The molecule has 0 amide bonds. The van der Waals surface area contributed by atoms with E-state index >= 15 is 0 Å². The number of nitrogens with zero attached hydrogens (tertiary/aromatic N) is 2. The van der Waals surface area contributed by atoms with Crippen LogP contribution in [-0.2, 0) is 15.6 Å². The summed E-state index contributed by atoms with van der Waals surface area (Å²) in [4.78, 5) is 4.08. The van der Waals surface area contributed by atoms with Crippen LogP contribution in [0.25, 0.3) is 0 Å². The molecule has 0 aromatic heterocycles. The monoisotopic (exact) mass is 303 g/mol. The Balaban J connectivity index is 2.74. The van der Waals surface area contributed by atoms with E-state index in [1.54, 1.807) is 0 Å². The molecule has 20 heavy (non-hydrogen) atoms. The van der Waals surface area contributed by atoms with Crippen molar-refractivity contribution in [3.8, 4) is 0 Å². The number of rotatable bonds is 1. The normalized spacial score (nSPS) is 29.1. The molecule has 1 aliphatic rings.